The van der Waals surface area contributed by atoms with Crippen molar-refractivity contribution in [2.75, 3.05) is 13.6 Å². The molecule has 4 fully saturated rings. The number of fused-ring (bicyclic) bond motifs is 2. The van der Waals surface area contributed by atoms with Gasteiger partial charge in [-0.15, -0.1) is 0 Å². The van der Waals surface area contributed by atoms with Gasteiger partial charge >= 0.3 is 6.03 Å². The minimum Gasteiger partial charge on any atom is -0.313 e. The minimum absolute atomic E-state index is 0.00356. The summed E-state index contributed by atoms with van der Waals surface area (Å²) in [5.74, 6) is 0.806. The van der Waals surface area contributed by atoms with E-state index in [-0.39, 0.29) is 41.8 Å². The molecule has 1 spiro atoms. The van der Waals surface area contributed by atoms with E-state index >= 15 is 0 Å². The Labute approximate surface area is 198 Å². The van der Waals surface area contributed by atoms with Gasteiger partial charge in [0, 0.05) is 12.6 Å². The molecule has 1 N–H and O–H groups in total. The third kappa shape index (κ3) is 3.96. The van der Waals surface area contributed by atoms with E-state index in [1.54, 1.807) is 11.9 Å². The average Bonchev–Trinajstić information content (AvgIpc) is 3.36. The van der Waals surface area contributed by atoms with Gasteiger partial charge in [0.25, 0.3) is 5.91 Å². The first kappa shape index (κ1) is 23.1. The van der Waals surface area contributed by atoms with Crippen LogP contribution in [0.2, 0.25) is 0 Å². The molecule has 6 aliphatic rings. The Kier molecular flexibility index (Phi) is 6.17. The van der Waals surface area contributed by atoms with E-state index in [0.29, 0.717) is 11.8 Å². The maximum absolute atomic E-state index is 13.7. The van der Waals surface area contributed by atoms with Crippen LogP contribution in [-0.2, 0) is 9.59 Å². The molecule has 0 aromatic heterocycles. The summed E-state index contributed by atoms with van der Waals surface area (Å²) in [6.07, 6.45) is 19.5. The zero-order valence-electron chi connectivity index (χ0n) is 20.5. The number of urea groups is 1. The van der Waals surface area contributed by atoms with Crippen molar-refractivity contribution in [2.45, 2.75) is 108 Å². The zero-order valence-corrected chi connectivity index (χ0v) is 20.5. The van der Waals surface area contributed by atoms with Gasteiger partial charge in [-0.25, -0.2) is 4.79 Å². The quantitative estimate of drug-likeness (QED) is 0.503. The lowest BCUT2D eigenvalue weighted by molar-refractivity contribution is -0.139. The SMILES string of the molecule is CN1C(=O)N(CC(=O)C2CCC3(CCCCCCCC3)N2)C(=O)C1(C)C1CC2C=CC1CC2. The topological polar surface area (TPSA) is 69.7 Å². The molecule has 2 saturated carbocycles. The van der Waals surface area contributed by atoms with Gasteiger partial charge in [0.1, 0.15) is 5.54 Å². The van der Waals surface area contributed by atoms with E-state index < -0.39 is 5.54 Å². The second-order valence-corrected chi connectivity index (χ2v) is 11.7. The molecule has 2 bridgehead atoms. The number of carbonyl (C=O) groups excluding carboxylic acids is 3. The fraction of sp³-hybridized carbons (Fsp3) is 0.815. The van der Waals surface area contributed by atoms with E-state index in [1.165, 1.54) is 49.8 Å². The molecule has 0 aromatic carbocycles. The van der Waals surface area contributed by atoms with Crippen LogP contribution in [0.5, 0.6) is 0 Å². The second kappa shape index (κ2) is 8.83. The van der Waals surface area contributed by atoms with E-state index in [9.17, 15) is 14.4 Å². The Hall–Kier alpha value is -1.69. The molecule has 0 radical (unpaired) electrons. The monoisotopic (exact) mass is 455 g/mol. The van der Waals surface area contributed by atoms with Crippen molar-refractivity contribution in [1.82, 2.24) is 15.1 Å². The van der Waals surface area contributed by atoms with Gasteiger partial charge in [0.05, 0.1) is 12.6 Å². The number of nitrogens with one attached hydrogen (secondary N) is 1. The molecule has 5 unspecified atom stereocenters. The number of likely N-dealkylation sites (N-methyl/N-ethyl adjacent to an activating group) is 1. The van der Waals surface area contributed by atoms with Crippen LogP contribution in [0.15, 0.2) is 12.2 Å². The standard InChI is InChI=1S/C27H41N3O3/c1-26(21-17-19-9-11-20(21)12-10-19)24(32)30(25(33)29(26)2)18-23(31)22-13-16-27(28-22)14-7-5-3-4-6-8-15-27/h9,11,19-22,28H,3-8,10,12-18H2,1-2H3. The van der Waals surface area contributed by atoms with Crippen LogP contribution in [0.4, 0.5) is 4.79 Å². The fourth-order valence-corrected chi connectivity index (χ4v) is 7.60. The van der Waals surface area contributed by atoms with Crippen LogP contribution >= 0.6 is 0 Å². The van der Waals surface area contributed by atoms with E-state index in [1.807, 2.05) is 6.92 Å². The number of hydrogen-bond donors (Lipinski definition) is 1. The van der Waals surface area contributed by atoms with Crippen molar-refractivity contribution in [3.05, 3.63) is 12.2 Å². The average molecular weight is 456 g/mol. The van der Waals surface area contributed by atoms with Gasteiger partial charge in [0.15, 0.2) is 5.78 Å². The van der Waals surface area contributed by atoms with Crippen molar-refractivity contribution < 1.29 is 14.4 Å². The molecule has 6 nitrogen and oxygen atoms in total. The Bertz CT molecular complexity index is 828. The highest BCUT2D eigenvalue weighted by atomic mass is 16.2. The lowest BCUT2D eigenvalue weighted by atomic mass is 9.62. The summed E-state index contributed by atoms with van der Waals surface area (Å²) in [4.78, 5) is 43.1. The first-order valence-corrected chi connectivity index (χ1v) is 13.4. The maximum atomic E-state index is 13.7. The summed E-state index contributed by atoms with van der Waals surface area (Å²) < 4.78 is 0. The van der Waals surface area contributed by atoms with Crippen molar-refractivity contribution in [3.8, 4) is 0 Å². The molecule has 33 heavy (non-hydrogen) atoms. The van der Waals surface area contributed by atoms with Gasteiger partial charge in [-0.2, -0.15) is 0 Å². The highest BCUT2D eigenvalue weighted by molar-refractivity contribution is 6.09. The van der Waals surface area contributed by atoms with Crippen molar-refractivity contribution in [1.29, 1.82) is 0 Å². The highest BCUT2D eigenvalue weighted by Gasteiger charge is 2.59. The number of carbonyl (C=O) groups is 3. The van der Waals surface area contributed by atoms with Crippen LogP contribution < -0.4 is 5.32 Å². The molecule has 2 heterocycles. The molecule has 0 aromatic rings. The largest absolute Gasteiger partial charge is 0.327 e. The number of imide groups is 1. The van der Waals surface area contributed by atoms with Crippen molar-refractivity contribution in [2.24, 2.45) is 17.8 Å². The van der Waals surface area contributed by atoms with Crippen LogP contribution in [0.3, 0.4) is 0 Å². The van der Waals surface area contributed by atoms with Crippen molar-refractivity contribution >= 4 is 17.7 Å². The summed E-state index contributed by atoms with van der Waals surface area (Å²) in [6.45, 7) is 1.83. The van der Waals surface area contributed by atoms with Gasteiger partial charge in [0.2, 0.25) is 0 Å². The molecule has 6 heteroatoms. The molecular formula is C27H41N3O3. The molecule has 2 saturated heterocycles. The van der Waals surface area contributed by atoms with E-state index in [0.717, 1.165) is 38.5 Å². The third-order valence-corrected chi connectivity index (χ3v) is 9.84. The first-order valence-electron chi connectivity index (χ1n) is 13.4. The molecule has 4 aliphatic carbocycles. The van der Waals surface area contributed by atoms with Crippen LogP contribution in [0.1, 0.15) is 90.4 Å². The molecule has 3 amide bonds. The number of allylic oxidation sites excluding steroid dienone is 2. The maximum Gasteiger partial charge on any atom is 0.327 e. The van der Waals surface area contributed by atoms with E-state index in [4.69, 9.17) is 0 Å². The normalized spacial score (nSPS) is 38.6. The number of nitrogens with zero attached hydrogens (tertiary/aromatic N) is 2. The summed E-state index contributed by atoms with van der Waals surface area (Å²) in [7, 11) is 1.75. The molecule has 5 atom stereocenters. The number of rotatable bonds is 4. The Morgan fingerprint density at radius 1 is 1.00 bits per heavy atom. The summed E-state index contributed by atoms with van der Waals surface area (Å²) in [6, 6.07) is -0.548. The van der Waals surface area contributed by atoms with Gasteiger partial charge in [-0.05, 0) is 69.6 Å². The summed E-state index contributed by atoms with van der Waals surface area (Å²) in [5.41, 5.74) is -0.782. The number of amides is 3. The lowest BCUT2D eigenvalue weighted by Crippen LogP contribution is -2.55. The van der Waals surface area contributed by atoms with Crippen LogP contribution in [-0.4, -0.2) is 58.2 Å². The summed E-state index contributed by atoms with van der Waals surface area (Å²) in [5, 5.41) is 3.70. The van der Waals surface area contributed by atoms with Crippen molar-refractivity contribution in [3.63, 3.8) is 0 Å². The molecule has 2 aliphatic heterocycles. The molecule has 6 rings (SSSR count). The Morgan fingerprint density at radius 2 is 1.70 bits per heavy atom. The molecule has 182 valence electrons. The highest BCUT2D eigenvalue weighted by Crippen LogP contribution is 2.49. The number of Topliss-reactive ketones (excluding diaryl/α,β-unsaturated/α-hetero) is 1. The smallest absolute Gasteiger partial charge is 0.313 e. The van der Waals surface area contributed by atoms with E-state index in [2.05, 4.69) is 17.5 Å². The Morgan fingerprint density at radius 3 is 2.30 bits per heavy atom. The minimum atomic E-state index is -0.854. The fourth-order valence-electron chi connectivity index (χ4n) is 7.60. The number of ketones is 1. The number of hydrogen-bond acceptors (Lipinski definition) is 4. The third-order valence-electron chi connectivity index (χ3n) is 9.84. The van der Waals surface area contributed by atoms with Gasteiger partial charge in [-0.3, -0.25) is 14.5 Å². The van der Waals surface area contributed by atoms with Crippen LogP contribution in [0, 0.1) is 17.8 Å². The zero-order chi connectivity index (χ0) is 23.2. The predicted molar refractivity (Wildman–Crippen MR) is 128 cm³/mol. The molecular weight excluding hydrogens is 414 g/mol. The Balaban J connectivity index is 1.26. The lowest BCUT2D eigenvalue weighted by Gasteiger charge is -2.47. The van der Waals surface area contributed by atoms with Gasteiger partial charge in [-0.1, -0.05) is 50.7 Å². The first-order chi connectivity index (χ1) is 15.8. The second-order valence-electron chi connectivity index (χ2n) is 11.7. The van der Waals surface area contributed by atoms with Gasteiger partial charge < -0.3 is 10.2 Å². The van der Waals surface area contributed by atoms with Crippen LogP contribution in [0.25, 0.3) is 0 Å². The predicted octanol–water partition coefficient (Wildman–Crippen LogP) is 4.44. The summed E-state index contributed by atoms with van der Waals surface area (Å²) >= 11 is 0.